The van der Waals surface area contributed by atoms with E-state index >= 15 is 0 Å². The van der Waals surface area contributed by atoms with Crippen LogP contribution in [0.15, 0.2) is 24.3 Å². The second kappa shape index (κ2) is 5.33. The standard InChI is InChI=1S/C12H14FN3S/c1-3-14-8(2)11-15-16-12(17-11)9-5-4-6-10(13)7-9/h4-8,14H,3H2,1-2H3. The van der Waals surface area contributed by atoms with Gasteiger partial charge < -0.3 is 5.32 Å². The number of aromatic nitrogens is 2. The summed E-state index contributed by atoms with van der Waals surface area (Å²) in [5.74, 6) is -0.251. The van der Waals surface area contributed by atoms with Gasteiger partial charge in [0, 0.05) is 5.56 Å². The summed E-state index contributed by atoms with van der Waals surface area (Å²) < 4.78 is 13.1. The first-order valence-corrected chi connectivity index (χ1v) is 6.35. The van der Waals surface area contributed by atoms with Crippen molar-refractivity contribution in [2.75, 3.05) is 6.54 Å². The Balaban J connectivity index is 2.23. The predicted octanol–water partition coefficient (Wildman–Crippen LogP) is 3.01. The van der Waals surface area contributed by atoms with Crippen molar-refractivity contribution in [2.45, 2.75) is 19.9 Å². The van der Waals surface area contributed by atoms with Gasteiger partial charge in [-0.1, -0.05) is 30.4 Å². The average molecular weight is 251 g/mol. The van der Waals surface area contributed by atoms with Gasteiger partial charge in [0.2, 0.25) is 0 Å². The molecule has 0 bridgehead atoms. The van der Waals surface area contributed by atoms with E-state index in [1.165, 1.54) is 23.5 Å². The Morgan fingerprint density at radius 1 is 1.41 bits per heavy atom. The number of hydrogen-bond donors (Lipinski definition) is 1. The SMILES string of the molecule is CCNC(C)c1nnc(-c2cccc(F)c2)s1. The molecule has 0 amide bonds. The molecule has 2 rings (SSSR count). The third-order valence-electron chi connectivity index (χ3n) is 2.39. The van der Waals surface area contributed by atoms with Gasteiger partial charge in [0.1, 0.15) is 15.8 Å². The van der Waals surface area contributed by atoms with Crippen LogP contribution in [0.3, 0.4) is 0 Å². The maximum absolute atomic E-state index is 13.1. The molecule has 5 heteroatoms. The Bertz CT molecular complexity index is 498. The van der Waals surface area contributed by atoms with Crippen LogP contribution in [-0.2, 0) is 0 Å². The van der Waals surface area contributed by atoms with Gasteiger partial charge in [0.15, 0.2) is 0 Å². The predicted molar refractivity (Wildman–Crippen MR) is 67.4 cm³/mol. The summed E-state index contributed by atoms with van der Waals surface area (Å²) in [4.78, 5) is 0. The highest BCUT2D eigenvalue weighted by Gasteiger charge is 2.12. The topological polar surface area (TPSA) is 37.8 Å². The van der Waals surface area contributed by atoms with E-state index < -0.39 is 0 Å². The van der Waals surface area contributed by atoms with Crippen LogP contribution < -0.4 is 5.32 Å². The van der Waals surface area contributed by atoms with Crippen molar-refractivity contribution < 1.29 is 4.39 Å². The molecule has 0 aliphatic carbocycles. The number of rotatable bonds is 4. The maximum atomic E-state index is 13.1. The highest BCUT2D eigenvalue weighted by molar-refractivity contribution is 7.14. The lowest BCUT2D eigenvalue weighted by Crippen LogP contribution is -2.17. The van der Waals surface area contributed by atoms with Crippen LogP contribution in [0, 0.1) is 5.82 Å². The van der Waals surface area contributed by atoms with Crippen molar-refractivity contribution in [1.82, 2.24) is 15.5 Å². The lowest BCUT2D eigenvalue weighted by molar-refractivity contribution is 0.590. The molecule has 0 radical (unpaired) electrons. The Hall–Kier alpha value is -1.33. The van der Waals surface area contributed by atoms with Gasteiger partial charge in [0.25, 0.3) is 0 Å². The second-order valence-corrected chi connectivity index (χ2v) is 4.74. The van der Waals surface area contributed by atoms with Crippen LogP contribution in [0.25, 0.3) is 10.6 Å². The molecular formula is C12H14FN3S. The molecule has 2 aromatic rings. The normalized spacial score (nSPS) is 12.6. The molecule has 0 fully saturated rings. The number of hydrogen-bond acceptors (Lipinski definition) is 4. The summed E-state index contributed by atoms with van der Waals surface area (Å²) in [6.07, 6.45) is 0. The van der Waals surface area contributed by atoms with E-state index in [0.29, 0.717) is 0 Å². The maximum Gasteiger partial charge on any atom is 0.147 e. The molecule has 0 saturated carbocycles. The van der Waals surface area contributed by atoms with Crippen LogP contribution in [0.2, 0.25) is 0 Å². The summed E-state index contributed by atoms with van der Waals surface area (Å²) in [5.41, 5.74) is 0.775. The van der Waals surface area contributed by atoms with Gasteiger partial charge >= 0.3 is 0 Å². The second-order valence-electron chi connectivity index (χ2n) is 3.74. The first-order chi connectivity index (χ1) is 8.20. The molecular weight excluding hydrogens is 237 g/mol. The minimum Gasteiger partial charge on any atom is -0.308 e. The quantitative estimate of drug-likeness (QED) is 0.907. The summed E-state index contributed by atoms with van der Waals surface area (Å²) in [7, 11) is 0. The van der Waals surface area contributed by atoms with Crippen molar-refractivity contribution in [3.05, 3.63) is 35.1 Å². The fraction of sp³-hybridized carbons (Fsp3) is 0.333. The van der Waals surface area contributed by atoms with E-state index in [1.54, 1.807) is 6.07 Å². The molecule has 1 heterocycles. The zero-order valence-corrected chi connectivity index (χ0v) is 10.6. The van der Waals surface area contributed by atoms with Gasteiger partial charge in [-0.05, 0) is 25.6 Å². The summed E-state index contributed by atoms with van der Waals surface area (Å²) >= 11 is 1.49. The summed E-state index contributed by atoms with van der Waals surface area (Å²) in [6, 6.07) is 6.60. The van der Waals surface area contributed by atoms with Crippen LogP contribution in [-0.4, -0.2) is 16.7 Å². The fourth-order valence-electron chi connectivity index (χ4n) is 1.54. The van der Waals surface area contributed by atoms with Crippen molar-refractivity contribution >= 4 is 11.3 Å². The van der Waals surface area contributed by atoms with E-state index in [9.17, 15) is 4.39 Å². The monoisotopic (exact) mass is 251 g/mol. The van der Waals surface area contributed by atoms with Crippen molar-refractivity contribution in [3.8, 4) is 10.6 Å². The van der Waals surface area contributed by atoms with Crippen LogP contribution in [0.4, 0.5) is 4.39 Å². The molecule has 1 aromatic heterocycles. The van der Waals surface area contributed by atoms with Crippen molar-refractivity contribution in [1.29, 1.82) is 0 Å². The molecule has 3 nitrogen and oxygen atoms in total. The van der Waals surface area contributed by atoms with Crippen LogP contribution in [0.5, 0.6) is 0 Å². The van der Waals surface area contributed by atoms with Gasteiger partial charge in [0.05, 0.1) is 6.04 Å². The lowest BCUT2D eigenvalue weighted by Gasteiger charge is -2.06. The summed E-state index contributed by atoms with van der Waals surface area (Å²) in [5, 5.41) is 13.2. The number of benzene rings is 1. The van der Waals surface area contributed by atoms with Gasteiger partial charge in [-0.25, -0.2) is 4.39 Å². The average Bonchev–Trinajstić information content (AvgIpc) is 2.78. The molecule has 1 aromatic carbocycles. The minimum atomic E-state index is -0.251. The zero-order chi connectivity index (χ0) is 12.3. The van der Waals surface area contributed by atoms with E-state index in [1.807, 2.05) is 19.9 Å². The van der Waals surface area contributed by atoms with E-state index in [4.69, 9.17) is 0 Å². The van der Waals surface area contributed by atoms with Crippen molar-refractivity contribution in [2.24, 2.45) is 0 Å². The van der Waals surface area contributed by atoms with Crippen molar-refractivity contribution in [3.63, 3.8) is 0 Å². The fourth-order valence-corrected chi connectivity index (χ4v) is 2.41. The van der Waals surface area contributed by atoms with E-state index in [-0.39, 0.29) is 11.9 Å². The van der Waals surface area contributed by atoms with Gasteiger partial charge in [-0.15, -0.1) is 10.2 Å². The lowest BCUT2D eigenvalue weighted by atomic mass is 10.2. The molecule has 17 heavy (non-hydrogen) atoms. The number of halogens is 1. The van der Waals surface area contributed by atoms with E-state index in [0.717, 1.165) is 22.1 Å². The third-order valence-corrected chi connectivity index (χ3v) is 3.55. The largest absolute Gasteiger partial charge is 0.308 e. The number of nitrogens with one attached hydrogen (secondary N) is 1. The first kappa shape index (κ1) is 12.1. The Kier molecular flexibility index (Phi) is 3.81. The molecule has 0 saturated heterocycles. The Morgan fingerprint density at radius 3 is 2.94 bits per heavy atom. The highest BCUT2D eigenvalue weighted by atomic mass is 32.1. The molecule has 0 aliphatic rings. The first-order valence-electron chi connectivity index (χ1n) is 5.53. The molecule has 1 N–H and O–H groups in total. The number of nitrogens with zero attached hydrogens (tertiary/aromatic N) is 2. The third kappa shape index (κ3) is 2.87. The van der Waals surface area contributed by atoms with E-state index in [2.05, 4.69) is 15.5 Å². The molecule has 90 valence electrons. The van der Waals surface area contributed by atoms with Gasteiger partial charge in [-0.2, -0.15) is 0 Å². The molecule has 0 spiro atoms. The minimum absolute atomic E-state index is 0.180. The Labute approximate surface area is 104 Å². The smallest absolute Gasteiger partial charge is 0.147 e. The summed E-state index contributed by atoms with van der Waals surface area (Å²) in [6.45, 7) is 4.97. The molecule has 1 atom stereocenters. The van der Waals surface area contributed by atoms with Gasteiger partial charge in [-0.3, -0.25) is 0 Å². The molecule has 0 aliphatic heterocycles. The van der Waals surface area contributed by atoms with Crippen LogP contribution in [0.1, 0.15) is 24.9 Å². The van der Waals surface area contributed by atoms with Crippen LogP contribution >= 0.6 is 11.3 Å². The Morgan fingerprint density at radius 2 is 2.24 bits per heavy atom. The highest BCUT2D eigenvalue weighted by Crippen LogP contribution is 2.26. The molecule has 1 unspecified atom stereocenters. The zero-order valence-electron chi connectivity index (χ0n) is 9.77.